The summed E-state index contributed by atoms with van der Waals surface area (Å²) >= 11 is 0. The van der Waals surface area contributed by atoms with E-state index in [4.69, 9.17) is 31.3 Å². The first-order valence-corrected chi connectivity index (χ1v) is 9.32. The van der Waals surface area contributed by atoms with Gasteiger partial charge >= 0.3 is 17.6 Å². The van der Waals surface area contributed by atoms with E-state index in [-0.39, 0.29) is 0 Å². The highest BCUT2D eigenvalue weighted by atomic mass is 28.5. The van der Waals surface area contributed by atoms with Gasteiger partial charge in [-0.1, -0.05) is 0 Å². The van der Waals surface area contributed by atoms with E-state index >= 15 is 0 Å². The van der Waals surface area contributed by atoms with Crippen LogP contribution in [-0.2, 0) is 31.3 Å². The highest BCUT2D eigenvalue weighted by Gasteiger charge is 2.54. The second-order valence-electron chi connectivity index (χ2n) is 3.40. The van der Waals surface area contributed by atoms with Crippen LogP contribution in [0.25, 0.3) is 0 Å². The van der Waals surface area contributed by atoms with Crippen LogP contribution in [0.15, 0.2) is 0 Å². The molecule has 0 spiro atoms. The fourth-order valence-electron chi connectivity index (χ4n) is 1.41. The third-order valence-electron chi connectivity index (χ3n) is 2.60. The molecule has 0 aromatic heterocycles. The second kappa shape index (κ2) is 9.12. The maximum absolute atomic E-state index is 5.69. The number of rotatable bonds is 11. The normalized spacial score (nSPS) is 13.0. The predicted molar refractivity (Wildman–Crippen MR) is 69.2 cm³/mol. The Bertz CT molecular complexity index is 201. The standard InChI is InChI=1S/C9H24O7Si2/c1-10-7-8-16-18(14-5,15-6)9-17(11-2,12-3)13-4/h7-9H2,1-6H3. The van der Waals surface area contributed by atoms with Crippen LogP contribution in [0.1, 0.15) is 0 Å². The van der Waals surface area contributed by atoms with Gasteiger partial charge in [-0.3, -0.25) is 0 Å². The van der Waals surface area contributed by atoms with E-state index in [1.54, 1.807) is 42.7 Å². The van der Waals surface area contributed by atoms with Gasteiger partial charge in [-0.05, 0) is 0 Å². The molecule has 18 heavy (non-hydrogen) atoms. The van der Waals surface area contributed by atoms with E-state index in [2.05, 4.69) is 0 Å². The Morgan fingerprint density at radius 2 is 1.06 bits per heavy atom. The van der Waals surface area contributed by atoms with Crippen molar-refractivity contribution >= 4 is 17.6 Å². The lowest BCUT2D eigenvalue weighted by atomic mass is 10.8. The van der Waals surface area contributed by atoms with E-state index in [1.165, 1.54) is 0 Å². The van der Waals surface area contributed by atoms with Crippen LogP contribution in [0, 0.1) is 0 Å². The molecule has 0 heterocycles. The average molecular weight is 300 g/mol. The first-order chi connectivity index (χ1) is 8.57. The molecule has 0 aliphatic rings. The minimum atomic E-state index is -2.87. The van der Waals surface area contributed by atoms with Crippen LogP contribution in [-0.4, -0.2) is 73.5 Å². The van der Waals surface area contributed by atoms with E-state index < -0.39 is 17.6 Å². The van der Waals surface area contributed by atoms with Crippen molar-refractivity contribution in [3.8, 4) is 0 Å². The highest BCUT2D eigenvalue weighted by Crippen LogP contribution is 2.23. The molecule has 7 nitrogen and oxygen atoms in total. The monoisotopic (exact) mass is 300 g/mol. The van der Waals surface area contributed by atoms with Gasteiger partial charge in [-0.2, -0.15) is 0 Å². The molecule has 110 valence electrons. The van der Waals surface area contributed by atoms with Crippen LogP contribution in [0.3, 0.4) is 0 Å². The van der Waals surface area contributed by atoms with Crippen LogP contribution < -0.4 is 0 Å². The van der Waals surface area contributed by atoms with E-state index in [0.717, 1.165) is 0 Å². The van der Waals surface area contributed by atoms with Gasteiger partial charge in [0.1, 0.15) is 0 Å². The Hall–Kier alpha value is 0.154. The smallest absolute Gasteiger partial charge is 0.382 e. The number of hydrogen-bond acceptors (Lipinski definition) is 7. The first-order valence-electron chi connectivity index (χ1n) is 5.46. The summed E-state index contributed by atoms with van der Waals surface area (Å²) in [6.45, 7) is 0.842. The molecule has 0 bridgehead atoms. The molecule has 0 saturated carbocycles. The third-order valence-corrected chi connectivity index (χ3v) is 9.82. The molecule has 0 N–H and O–H groups in total. The summed E-state index contributed by atoms with van der Waals surface area (Å²) in [6.07, 6.45) is 0. The maximum Gasteiger partial charge on any atom is 0.505 e. The van der Waals surface area contributed by atoms with E-state index in [0.29, 0.717) is 18.9 Å². The van der Waals surface area contributed by atoms with Gasteiger partial charge in [-0.25, -0.2) is 0 Å². The van der Waals surface area contributed by atoms with E-state index in [1.807, 2.05) is 0 Å². The second-order valence-corrected chi connectivity index (χ2v) is 9.88. The lowest BCUT2D eigenvalue weighted by Crippen LogP contribution is -2.56. The molecule has 0 saturated heterocycles. The van der Waals surface area contributed by atoms with E-state index in [9.17, 15) is 0 Å². The largest absolute Gasteiger partial charge is 0.505 e. The summed E-state index contributed by atoms with van der Waals surface area (Å²) in [5.74, 6) is 0. The van der Waals surface area contributed by atoms with Crippen LogP contribution in [0.2, 0.25) is 5.67 Å². The third kappa shape index (κ3) is 5.03. The zero-order valence-electron chi connectivity index (χ0n) is 12.0. The molecule has 0 aliphatic carbocycles. The number of methoxy groups -OCH3 is 1. The Labute approximate surface area is 111 Å². The molecule has 0 atom stereocenters. The molecule has 0 fully saturated rings. The lowest BCUT2D eigenvalue weighted by Gasteiger charge is -2.32. The quantitative estimate of drug-likeness (QED) is 0.401. The summed E-state index contributed by atoms with van der Waals surface area (Å²) in [4.78, 5) is 0. The number of ether oxygens (including phenoxy) is 1. The highest BCUT2D eigenvalue weighted by molar-refractivity contribution is 6.80. The molecular formula is C9H24O7Si2. The van der Waals surface area contributed by atoms with Crippen LogP contribution >= 0.6 is 0 Å². The van der Waals surface area contributed by atoms with Crippen molar-refractivity contribution in [2.45, 2.75) is 5.67 Å². The lowest BCUT2D eigenvalue weighted by molar-refractivity contribution is 0.0597. The summed E-state index contributed by atoms with van der Waals surface area (Å²) in [5, 5.41) is 0. The Morgan fingerprint density at radius 1 is 0.611 bits per heavy atom. The van der Waals surface area contributed by atoms with Gasteiger partial charge in [-0.15, -0.1) is 0 Å². The molecule has 9 heteroatoms. The molecule has 0 aliphatic heterocycles. The zero-order chi connectivity index (χ0) is 14.1. The number of hydrogen-bond donors (Lipinski definition) is 0. The summed E-state index contributed by atoms with van der Waals surface area (Å²) in [6, 6.07) is 0. The van der Waals surface area contributed by atoms with Gasteiger partial charge in [0.2, 0.25) is 0 Å². The minimum absolute atomic E-state index is 0.347. The minimum Gasteiger partial charge on any atom is -0.382 e. The van der Waals surface area contributed by atoms with Crippen molar-refractivity contribution in [2.75, 3.05) is 55.9 Å². The fraction of sp³-hybridized carbons (Fsp3) is 1.00. The van der Waals surface area contributed by atoms with Gasteiger partial charge < -0.3 is 31.3 Å². The van der Waals surface area contributed by atoms with Crippen LogP contribution in [0.5, 0.6) is 0 Å². The van der Waals surface area contributed by atoms with Crippen molar-refractivity contribution in [1.82, 2.24) is 0 Å². The van der Waals surface area contributed by atoms with Gasteiger partial charge in [0.05, 0.1) is 18.9 Å². The Morgan fingerprint density at radius 3 is 1.39 bits per heavy atom. The van der Waals surface area contributed by atoms with Gasteiger partial charge in [0, 0.05) is 42.7 Å². The average Bonchev–Trinajstić information content (AvgIpc) is 2.44. The molecule has 0 rings (SSSR count). The molecule has 0 aromatic carbocycles. The summed E-state index contributed by atoms with van der Waals surface area (Å²) in [7, 11) is 3.63. The Kier molecular flexibility index (Phi) is 9.20. The Balaban J connectivity index is 4.75. The molecule has 0 unspecified atom stereocenters. The predicted octanol–water partition coefficient (Wildman–Crippen LogP) is 0.298. The molecule has 0 radical (unpaired) electrons. The van der Waals surface area contributed by atoms with Crippen LogP contribution in [0.4, 0.5) is 0 Å². The SMILES string of the molecule is COCCO[Si](C[Si](OC)(OC)OC)(OC)OC. The van der Waals surface area contributed by atoms with Crippen molar-refractivity contribution in [3.05, 3.63) is 0 Å². The van der Waals surface area contributed by atoms with Crippen molar-refractivity contribution in [3.63, 3.8) is 0 Å². The van der Waals surface area contributed by atoms with Crippen molar-refractivity contribution < 1.29 is 31.3 Å². The maximum atomic E-state index is 5.69. The molecule has 0 aromatic rings. The first kappa shape index (κ1) is 18.2. The fourth-order valence-corrected chi connectivity index (χ4v) is 8.12. The zero-order valence-corrected chi connectivity index (χ0v) is 14.0. The molecular weight excluding hydrogens is 276 g/mol. The molecule has 0 amide bonds. The summed E-state index contributed by atoms with van der Waals surface area (Å²) < 4.78 is 37.6. The van der Waals surface area contributed by atoms with Gasteiger partial charge in [0.25, 0.3) is 0 Å². The van der Waals surface area contributed by atoms with Crippen molar-refractivity contribution in [2.24, 2.45) is 0 Å². The topological polar surface area (TPSA) is 64.6 Å². The van der Waals surface area contributed by atoms with Crippen molar-refractivity contribution in [1.29, 1.82) is 0 Å². The van der Waals surface area contributed by atoms with Gasteiger partial charge in [0.15, 0.2) is 0 Å². The summed E-state index contributed by atoms with van der Waals surface area (Å²) in [5.41, 5.74) is 0.347.